The summed E-state index contributed by atoms with van der Waals surface area (Å²) < 4.78 is 6.61. The van der Waals surface area contributed by atoms with Crippen LogP contribution in [-0.4, -0.2) is 42.2 Å². The zero-order valence-corrected chi connectivity index (χ0v) is 12.9. The molecule has 1 rings (SSSR count). The molecule has 0 spiro atoms. The fourth-order valence-corrected chi connectivity index (χ4v) is 2.03. The number of rotatable bonds is 8. The molecule has 0 aliphatic heterocycles. The predicted octanol–water partition coefficient (Wildman–Crippen LogP) is 2.87. The third kappa shape index (κ3) is 7.18. The van der Waals surface area contributed by atoms with Crippen LogP contribution >= 0.6 is 15.9 Å². The minimum Gasteiger partial charge on any atom is -0.492 e. The Kier molecular flexibility index (Phi) is 6.87. The Balaban J connectivity index is 2.38. The third-order valence-corrected chi connectivity index (χ3v) is 3.00. The maximum Gasteiger partial charge on any atom is 0.317 e. The van der Waals surface area contributed by atoms with Gasteiger partial charge in [0.15, 0.2) is 0 Å². The second-order valence-corrected chi connectivity index (χ2v) is 5.74. The van der Waals surface area contributed by atoms with Gasteiger partial charge < -0.3 is 9.84 Å². The molecule has 0 aromatic heterocycles. The number of halogens is 1. The SMILES string of the molecule is CC(C)CN(CCOc1ccc(Br)cc1)CC(=O)O. The molecule has 0 bridgehead atoms. The van der Waals surface area contributed by atoms with Gasteiger partial charge in [0.1, 0.15) is 12.4 Å². The molecular weight excluding hydrogens is 310 g/mol. The van der Waals surface area contributed by atoms with Crippen LogP contribution in [0.4, 0.5) is 0 Å². The highest BCUT2D eigenvalue weighted by Crippen LogP contribution is 2.15. The van der Waals surface area contributed by atoms with Gasteiger partial charge in [-0.2, -0.15) is 0 Å². The van der Waals surface area contributed by atoms with E-state index < -0.39 is 5.97 Å². The van der Waals surface area contributed by atoms with Crippen LogP contribution in [0.1, 0.15) is 13.8 Å². The number of carboxylic acid groups (broad SMARTS) is 1. The average molecular weight is 330 g/mol. The molecule has 0 fully saturated rings. The van der Waals surface area contributed by atoms with Crippen LogP contribution in [0.2, 0.25) is 0 Å². The summed E-state index contributed by atoms with van der Waals surface area (Å²) in [6.45, 7) is 6.06. The van der Waals surface area contributed by atoms with Crippen molar-refractivity contribution in [2.75, 3.05) is 26.2 Å². The summed E-state index contributed by atoms with van der Waals surface area (Å²) in [5.74, 6) is 0.430. The van der Waals surface area contributed by atoms with E-state index in [0.717, 1.165) is 16.8 Å². The highest BCUT2D eigenvalue weighted by molar-refractivity contribution is 9.10. The summed E-state index contributed by atoms with van der Waals surface area (Å²) in [4.78, 5) is 12.7. The fraction of sp³-hybridized carbons (Fsp3) is 0.500. The van der Waals surface area contributed by atoms with Gasteiger partial charge in [-0.05, 0) is 30.2 Å². The van der Waals surface area contributed by atoms with Crippen molar-refractivity contribution in [3.63, 3.8) is 0 Å². The van der Waals surface area contributed by atoms with E-state index in [2.05, 4.69) is 29.8 Å². The first-order valence-electron chi connectivity index (χ1n) is 6.30. The lowest BCUT2D eigenvalue weighted by Gasteiger charge is -2.22. The Morgan fingerprint density at radius 3 is 2.53 bits per heavy atom. The molecule has 1 N–H and O–H groups in total. The topological polar surface area (TPSA) is 49.8 Å². The highest BCUT2D eigenvalue weighted by Gasteiger charge is 2.11. The van der Waals surface area contributed by atoms with E-state index in [-0.39, 0.29) is 6.54 Å². The number of aliphatic carboxylic acids is 1. The minimum atomic E-state index is -0.802. The van der Waals surface area contributed by atoms with Gasteiger partial charge in [0.05, 0.1) is 6.54 Å². The van der Waals surface area contributed by atoms with Crippen LogP contribution in [0.3, 0.4) is 0 Å². The molecule has 1 aromatic rings. The molecule has 5 heteroatoms. The van der Waals surface area contributed by atoms with Gasteiger partial charge in [0, 0.05) is 17.6 Å². The number of benzene rings is 1. The van der Waals surface area contributed by atoms with Gasteiger partial charge in [-0.15, -0.1) is 0 Å². The molecule has 4 nitrogen and oxygen atoms in total. The molecule has 0 aliphatic carbocycles. The molecule has 0 unspecified atom stereocenters. The summed E-state index contributed by atoms with van der Waals surface area (Å²) in [5, 5.41) is 8.86. The molecule has 1 aromatic carbocycles. The minimum absolute atomic E-state index is 0.0574. The first-order chi connectivity index (χ1) is 8.97. The maximum absolute atomic E-state index is 10.8. The zero-order chi connectivity index (χ0) is 14.3. The van der Waals surface area contributed by atoms with Gasteiger partial charge in [0.2, 0.25) is 0 Å². The summed E-state index contributed by atoms with van der Waals surface area (Å²) in [6.07, 6.45) is 0. The van der Waals surface area contributed by atoms with Crippen molar-refractivity contribution in [1.82, 2.24) is 4.90 Å². The molecule has 0 saturated heterocycles. The van der Waals surface area contributed by atoms with E-state index in [4.69, 9.17) is 9.84 Å². The Bertz CT molecular complexity index is 392. The van der Waals surface area contributed by atoms with Crippen LogP contribution in [0.25, 0.3) is 0 Å². The molecule has 106 valence electrons. The van der Waals surface area contributed by atoms with Crippen LogP contribution < -0.4 is 4.74 Å². The molecule has 0 heterocycles. The third-order valence-electron chi connectivity index (χ3n) is 2.47. The first kappa shape index (κ1) is 16.0. The van der Waals surface area contributed by atoms with Crippen LogP contribution in [0.5, 0.6) is 5.75 Å². The van der Waals surface area contributed by atoms with E-state index in [0.29, 0.717) is 19.1 Å². The number of carbonyl (C=O) groups is 1. The predicted molar refractivity (Wildman–Crippen MR) is 78.6 cm³/mol. The molecule has 0 aliphatic rings. The standard InChI is InChI=1S/C14H20BrNO3/c1-11(2)9-16(10-14(17)18)7-8-19-13-5-3-12(15)4-6-13/h3-6,11H,7-10H2,1-2H3,(H,17,18). The summed E-state index contributed by atoms with van der Waals surface area (Å²) in [7, 11) is 0. The summed E-state index contributed by atoms with van der Waals surface area (Å²) >= 11 is 3.36. The fourth-order valence-electron chi connectivity index (χ4n) is 1.77. The second kappa shape index (κ2) is 8.17. The maximum atomic E-state index is 10.8. The van der Waals surface area contributed by atoms with Gasteiger partial charge in [-0.3, -0.25) is 9.69 Å². The second-order valence-electron chi connectivity index (χ2n) is 4.83. The zero-order valence-electron chi connectivity index (χ0n) is 11.3. The number of nitrogens with zero attached hydrogens (tertiary/aromatic N) is 1. The van der Waals surface area contributed by atoms with Crippen molar-refractivity contribution in [2.24, 2.45) is 5.92 Å². The largest absolute Gasteiger partial charge is 0.492 e. The lowest BCUT2D eigenvalue weighted by Crippen LogP contribution is -2.36. The van der Waals surface area contributed by atoms with Crippen molar-refractivity contribution in [3.05, 3.63) is 28.7 Å². The molecule has 0 atom stereocenters. The molecule has 19 heavy (non-hydrogen) atoms. The number of hydrogen-bond donors (Lipinski definition) is 1. The monoisotopic (exact) mass is 329 g/mol. The van der Waals surface area contributed by atoms with Crippen molar-refractivity contribution >= 4 is 21.9 Å². The number of carboxylic acids is 1. The van der Waals surface area contributed by atoms with Crippen LogP contribution in [0, 0.1) is 5.92 Å². The Morgan fingerprint density at radius 1 is 1.37 bits per heavy atom. The smallest absolute Gasteiger partial charge is 0.317 e. The van der Waals surface area contributed by atoms with Crippen molar-refractivity contribution < 1.29 is 14.6 Å². The molecule has 0 radical (unpaired) electrons. The van der Waals surface area contributed by atoms with Crippen molar-refractivity contribution in [3.8, 4) is 5.75 Å². The lowest BCUT2D eigenvalue weighted by molar-refractivity contribution is -0.138. The van der Waals surface area contributed by atoms with E-state index >= 15 is 0 Å². The molecule has 0 saturated carbocycles. The average Bonchev–Trinajstić information content (AvgIpc) is 2.30. The van der Waals surface area contributed by atoms with E-state index in [1.54, 1.807) is 0 Å². The quantitative estimate of drug-likeness (QED) is 0.796. The van der Waals surface area contributed by atoms with Crippen LogP contribution in [-0.2, 0) is 4.79 Å². The number of ether oxygens (including phenoxy) is 1. The Labute approximate surface area is 122 Å². The van der Waals surface area contributed by atoms with Gasteiger partial charge >= 0.3 is 5.97 Å². The Morgan fingerprint density at radius 2 is 2.00 bits per heavy atom. The van der Waals surface area contributed by atoms with E-state index in [1.807, 2.05) is 29.2 Å². The summed E-state index contributed by atoms with van der Waals surface area (Å²) in [5.41, 5.74) is 0. The van der Waals surface area contributed by atoms with E-state index in [9.17, 15) is 4.79 Å². The summed E-state index contributed by atoms with van der Waals surface area (Å²) in [6, 6.07) is 7.60. The van der Waals surface area contributed by atoms with Crippen molar-refractivity contribution in [1.29, 1.82) is 0 Å². The highest BCUT2D eigenvalue weighted by atomic mass is 79.9. The Hall–Kier alpha value is -1.07. The van der Waals surface area contributed by atoms with Crippen LogP contribution in [0.15, 0.2) is 28.7 Å². The molecular formula is C14H20BrNO3. The molecule has 0 amide bonds. The van der Waals surface area contributed by atoms with Gasteiger partial charge in [-0.1, -0.05) is 29.8 Å². The number of hydrogen-bond acceptors (Lipinski definition) is 3. The van der Waals surface area contributed by atoms with Gasteiger partial charge in [0.25, 0.3) is 0 Å². The van der Waals surface area contributed by atoms with Crippen molar-refractivity contribution in [2.45, 2.75) is 13.8 Å². The van der Waals surface area contributed by atoms with Gasteiger partial charge in [-0.25, -0.2) is 0 Å². The normalized spacial score (nSPS) is 11.0. The lowest BCUT2D eigenvalue weighted by atomic mass is 10.2. The van der Waals surface area contributed by atoms with E-state index in [1.165, 1.54) is 0 Å². The first-order valence-corrected chi connectivity index (χ1v) is 7.09.